The molecule has 0 heterocycles. The summed E-state index contributed by atoms with van der Waals surface area (Å²) in [6.45, 7) is 9.51. The summed E-state index contributed by atoms with van der Waals surface area (Å²) >= 11 is 0. The first kappa shape index (κ1) is 27.2. The van der Waals surface area contributed by atoms with E-state index >= 15 is 0 Å². The summed E-state index contributed by atoms with van der Waals surface area (Å²) in [5.74, 6) is 0.0928. The third kappa shape index (κ3) is 18.0. The van der Waals surface area contributed by atoms with Crippen LogP contribution in [-0.2, 0) is 14.4 Å². The molecule has 10 heteroatoms. The molecule has 6 N–H and O–H groups in total. The van der Waals surface area contributed by atoms with Crippen molar-refractivity contribution in [2.45, 2.75) is 26.2 Å². The van der Waals surface area contributed by atoms with Gasteiger partial charge in [0, 0.05) is 98.8 Å². The summed E-state index contributed by atoms with van der Waals surface area (Å²) in [5, 5.41) is 18.0. The van der Waals surface area contributed by atoms with Crippen LogP contribution in [0.15, 0.2) is 0 Å². The average Bonchev–Trinajstić information content (AvgIpc) is 2.72. The van der Waals surface area contributed by atoms with Crippen molar-refractivity contribution in [1.29, 1.82) is 0 Å². The molecular weight excluding hydrogens is 374 g/mol. The Labute approximate surface area is 175 Å². The minimum atomic E-state index is 0.00621. The molecule has 0 aliphatic rings. The zero-order chi connectivity index (χ0) is 21.7. The highest BCUT2D eigenvalue weighted by Gasteiger charge is 2.09. The van der Waals surface area contributed by atoms with E-state index in [1.807, 2.05) is 6.92 Å². The average molecular weight is 416 g/mol. The summed E-state index contributed by atoms with van der Waals surface area (Å²) in [6.07, 6.45) is 1.36. The molecule has 3 amide bonds. The van der Waals surface area contributed by atoms with Gasteiger partial charge in [0.15, 0.2) is 0 Å². The normalized spacial score (nSPS) is 10.8. The highest BCUT2D eigenvalue weighted by molar-refractivity contribution is 5.76. The first-order chi connectivity index (χ1) is 14.0. The molecule has 0 spiro atoms. The fraction of sp³-hybridized carbons (Fsp3) is 0.842. The molecule has 0 rings (SSSR count). The molecule has 170 valence electrons. The number of nitrogens with one attached hydrogen (secondary N) is 6. The molecule has 0 aromatic rings. The Morgan fingerprint density at radius 1 is 0.621 bits per heavy atom. The topological polar surface area (TPSA) is 127 Å². The molecule has 0 aromatic carbocycles. The SMILES string of the molecule is CCNC(=O)CCNCCNCCNCCN(CCC(=O)NC)CCC(=O)NC. The summed E-state index contributed by atoms with van der Waals surface area (Å²) in [6, 6.07) is 0. The molecular formula is C19H41N7O3. The van der Waals surface area contributed by atoms with Crippen LogP contribution in [0.3, 0.4) is 0 Å². The number of hydrogen-bond acceptors (Lipinski definition) is 7. The lowest BCUT2D eigenvalue weighted by molar-refractivity contribution is -0.122. The second-order valence-corrected chi connectivity index (χ2v) is 6.64. The van der Waals surface area contributed by atoms with Crippen LogP contribution in [0.25, 0.3) is 0 Å². The van der Waals surface area contributed by atoms with Gasteiger partial charge in [-0.15, -0.1) is 0 Å². The van der Waals surface area contributed by atoms with Gasteiger partial charge in [-0.1, -0.05) is 0 Å². The number of hydrogen-bond donors (Lipinski definition) is 6. The van der Waals surface area contributed by atoms with E-state index in [1.165, 1.54) is 0 Å². The number of nitrogens with zero attached hydrogens (tertiary/aromatic N) is 1. The molecule has 0 radical (unpaired) electrons. The fourth-order valence-corrected chi connectivity index (χ4v) is 2.56. The van der Waals surface area contributed by atoms with Gasteiger partial charge in [0.05, 0.1) is 0 Å². The number of rotatable bonds is 19. The van der Waals surface area contributed by atoms with E-state index in [0.29, 0.717) is 45.4 Å². The largest absolute Gasteiger partial charge is 0.359 e. The molecule has 29 heavy (non-hydrogen) atoms. The van der Waals surface area contributed by atoms with Gasteiger partial charge in [-0.25, -0.2) is 0 Å². The van der Waals surface area contributed by atoms with Crippen LogP contribution >= 0.6 is 0 Å². The summed E-state index contributed by atoms with van der Waals surface area (Å²) in [4.78, 5) is 36.3. The first-order valence-electron chi connectivity index (χ1n) is 10.6. The second-order valence-electron chi connectivity index (χ2n) is 6.64. The molecule has 0 saturated carbocycles. The van der Waals surface area contributed by atoms with Crippen molar-refractivity contribution in [3.05, 3.63) is 0 Å². The minimum absolute atomic E-state index is 0.00621. The van der Waals surface area contributed by atoms with E-state index in [1.54, 1.807) is 14.1 Å². The Kier molecular flexibility index (Phi) is 18.4. The van der Waals surface area contributed by atoms with Gasteiger partial charge >= 0.3 is 0 Å². The Bertz CT molecular complexity index is 430. The van der Waals surface area contributed by atoms with Crippen molar-refractivity contribution in [1.82, 2.24) is 36.8 Å². The van der Waals surface area contributed by atoms with Crippen molar-refractivity contribution in [3.8, 4) is 0 Å². The standard InChI is InChI=1S/C19H41N7O3/c1-4-25-19(29)5-8-22-9-10-23-11-12-24-13-16-26(14-6-17(27)20-2)15-7-18(28)21-3/h22-24H,4-16H2,1-3H3,(H,20,27)(H,21,28)(H,25,29). The van der Waals surface area contributed by atoms with Gasteiger partial charge in [0.25, 0.3) is 0 Å². The van der Waals surface area contributed by atoms with Gasteiger partial charge in [-0.2, -0.15) is 0 Å². The number of amides is 3. The van der Waals surface area contributed by atoms with Crippen LogP contribution in [-0.4, -0.2) is 102 Å². The van der Waals surface area contributed by atoms with Gasteiger partial charge < -0.3 is 36.8 Å². The van der Waals surface area contributed by atoms with Crippen molar-refractivity contribution in [2.75, 3.05) is 79.5 Å². The molecule has 0 saturated heterocycles. The molecule has 0 unspecified atom stereocenters. The highest BCUT2D eigenvalue weighted by Crippen LogP contribution is 1.94. The fourth-order valence-electron chi connectivity index (χ4n) is 2.56. The van der Waals surface area contributed by atoms with Crippen LogP contribution in [0.5, 0.6) is 0 Å². The van der Waals surface area contributed by atoms with E-state index < -0.39 is 0 Å². The zero-order valence-electron chi connectivity index (χ0n) is 18.4. The van der Waals surface area contributed by atoms with E-state index in [-0.39, 0.29) is 17.7 Å². The predicted molar refractivity (Wildman–Crippen MR) is 116 cm³/mol. The number of carbonyl (C=O) groups is 3. The smallest absolute Gasteiger partial charge is 0.221 e. The lowest BCUT2D eigenvalue weighted by Gasteiger charge is -2.22. The maximum Gasteiger partial charge on any atom is 0.221 e. The van der Waals surface area contributed by atoms with Crippen LogP contribution < -0.4 is 31.9 Å². The number of carbonyl (C=O) groups excluding carboxylic acids is 3. The molecule has 0 aromatic heterocycles. The zero-order valence-corrected chi connectivity index (χ0v) is 18.4. The summed E-state index contributed by atoms with van der Waals surface area (Å²) < 4.78 is 0. The van der Waals surface area contributed by atoms with Crippen molar-refractivity contribution in [3.63, 3.8) is 0 Å². The summed E-state index contributed by atoms with van der Waals surface area (Å²) in [5.41, 5.74) is 0. The van der Waals surface area contributed by atoms with Crippen molar-refractivity contribution >= 4 is 17.7 Å². The van der Waals surface area contributed by atoms with Crippen LogP contribution in [0.1, 0.15) is 26.2 Å². The quantitative estimate of drug-likeness (QED) is 0.133. The van der Waals surface area contributed by atoms with Gasteiger partial charge in [0.2, 0.25) is 17.7 Å². The van der Waals surface area contributed by atoms with E-state index in [4.69, 9.17) is 0 Å². The molecule has 0 fully saturated rings. The highest BCUT2D eigenvalue weighted by atomic mass is 16.2. The van der Waals surface area contributed by atoms with Crippen molar-refractivity contribution < 1.29 is 14.4 Å². The van der Waals surface area contributed by atoms with Crippen LogP contribution in [0.4, 0.5) is 0 Å². The maximum absolute atomic E-state index is 11.4. The van der Waals surface area contributed by atoms with Gasteiger partial charge in [0.1, 0.15) is 0 Å². The van der Waals surface area contributed by atoms with Crippen molar-refractivity contribution in [2.24, 2.45) is 0 Å². The Morgan fingerprint density at radius 3 is 1.59 bits per heavy atom. The third-order valence-electron chi connectivity index (χ3n) is 4.33. The van der Waals surface area contributed by atoms with E-state index in [9.17, 15) is 14.4 Å². The Hall–Kier alpha value is -1.75. The first-order valence-corrected chi connectivity index (χ1v) is 10.6. The van der Waals surface area contributed by atoms with Gasteiger partial charge in [-0.05, 0) is 6.92 Å². The molecule has 10 nitrogen and oxygen atoms in total. The lowest BCUT2D eigenvalue weighted by atomic mass is 10.3. The third-order valence-corrected chi connectivity index (χ3v) is 4.33. The minimum Gasteiger partial charge on any atom is -0.359 e. The Morgan fingerprint density at radius 2 is 1.10 bits per heavy atom. The predicted octanol–water partition coefficient (Wildman–Crippen LogP) is -2.14. The maximum atomic E-state index is 11.4. The molecule has 0 aliphatic carbocycles. The van der Waals surface area contributed by atoms with E-state index in [2.05, 4.69) is 36.8 Å². The molecule has 0 bridgehead atoms. The molecule has 0 atom stereocenters. The van der Waals surface area contributed by atoms with Gasteiger partial charge in [-0.3, -0.25) is 14.4 Å². The molecule has 0 aliphatic heterocycles. The Balaban J connectivity index is 3.70. The summed E-state index contributed by atoms with van der Waals surface area (Å²) in [7, 11) is 3.26. The van der Waals surface area contributed by atoms with Crippen LogP contribution in [0.2, 0.25) is 0 Å². The second kappa shape index (κ2) is 19.6. The lowest BCUT2D eigenvalue weighted by Crippen LogP contribution is -2.39. The monoisotopic (exact) mass is 415 g/mol. The van der Waals surface area contributed by atoms with E-state index in [0.717, 1.165) is 39.3 Å². The van der Waals surface area contributed by atoms with Crippen LogP contribution in [0, 0.1) is 0 Å².